The Morgan fingerprint density at radius 2 is 2.31 bits per heavy atom. The summed E-state index contributed by atoms with van der Waals surface area (Å²) in [5.41, 5.74) is 0.881. The summed E-state index contributed by atoms with van der Waals surface area (Å²) in [5.74, 6) is -1.03. The average molecular weight is 202 g/mol. The number of carbonyl (C=O) groups excluding carboxylic acids is 1. The molecule has 4 heteroatoms. The highest BCUT2D eigenvalue weighted by atomic mass is 35.5. The molecule has 0 aliphatic heterocycles. The number of benzene rings is 1. The van der Waals surface area contributed by atoms with E-state index in [1.807, 2.05) is 0 Å². The number of aryl methyl sites for hydroxylation is 1. The fraction of sp³-hybridized carbons (Fsp3) is 0.222. The van der Waals surface area contributed by atoms with E-state index < -0.39 is 11.7 Å². The third-order valence-electron chi connectivity index (χ3n) is 1.61. The van der Waals surface area contributed by atoms with Gasteiger partial charge in [-0.25, -0.2) is 4.39 Å². The Labute approximate surface area is 80.7 Å². The van der Waals surface area contributed by atoms with E-state index in [2.05, 4.69) is 5.32 Å². The van der Waals surface area contributed by atoms with Gasteiger partial charge in [-0.2, -0.15) is 0 Å². The van der Waals surface area contributed by atoms with Crippen molar-refractivity contribution in [3.05, 3.63) is 29.6 Å². The summed E-state index contributed by atoms with van der Waals surface area (Å²) in [5, 5.41) is 2.38. The van der Waals surface area contributed by atoms with Crippen LogP contribution in [0.15, 0.2) is 18.2 Å². The second kappa shape index (κ2) is 4.23. The van der Waals surface area contributed by atoms with Crippen LogP contribution in [0.3, 0.4) is 0 Å². The molecule has 0 aliphatic carbocycles. The van der Waals surface area contributed by atoms with E-state index in [-0.39, 0.29) is 11.6 Å². The molecule has 1 amide bonds. The molecule has 1 aromatic rings. The van der Waals surface area contributed by atoms with E-state index in [1.165, 1.54) is 6.07 Å². The minimum Gasteiger partial charge on any atom is -0.322 e. The Kier molecular flexibility index (Phi) is 3.25. The van der Waals surface area contributed by atoms with Gasteiger partial charge in [0, 0.05) is 0 Å². The van der Waals surface area contributed by atoms with Crippen LogP contribution in [0.2, 0.25) is 0 Å². The number of amides is 1. The summed E-state index contributed by atoms with van der Waals surface area (Å²) in [4.78, 5) is 10.9. The van der Waals surface area contributed by atoms with Gasteiger partial charge in [0.15, 0.2) is 0 Å². The van der Waals surface area contributed by atoms with Crippen molar-refractivity contribution in [2.75, 3.05) is 11.2 Å². The molecule has 0 atom stereocenters. The van der Waals surface area contributed by atoms with Gasteiger partial charge < -0.3 is 5.32 Å². The number of anilines is 1. The number of hydrogen-bond donors (Lipinski definition) is 1. The van der Waals surface area contributed by atoms with Crippen LogP contribution in [0.5, 0.6) is 0 Å². The van der Waals surface area contributed by atoms with Crippen LogP contribution in [-0.2, 0) is 4.79 Å². The topological polar surface area (TPSA) is 29.1 Å². The highest BCUT2D eigenvalue weighted by Gasteiger charge is 2.07. The molecule has 0 spiro atoms. The van der Waals surface area contributed by atoms with Gasteiger partial charge in [0.2, 0.25) is 5.91 Å². The first-order valence-corrected chi connectivity index (χ1v) is 4.29. The summed E-state index contributed by atoms with van der Waals surface area (Å²) >= 11 is 5.27. The standard InChI is InChI=1S/C9H9ClFNO/c1-6-3-2-4-7(11)9(6)12-8(13)5-10/h2-4H,5H2,1H3,(H,12,13). The number of alkyl halides is 1. The van der Waals surface area contributed by atoms with Crippen molar-refractivity contribution >= 4 is 23.2 Å². The average Bonchev–Trinajstić information content (AvgIpc) is 2.11. The molecule has 0 saturated heterocycles. The minimum atomic E-state index is -0.446. The zero-order valence-corrected chi connectivity index (χ0v) is 7.86. The zero-order valence-electron chi connectivity index (χ0n) is 7.10. The number of nitrogens with one attached hydrogen (secondary N) is 1. The first-order valence-electron chi connectivity index (χ1n) is 3.76. The molecular weight excluding hydrogens is 193 g/mol. The quantitative estimate of drug-likeness (QED) is 0.731. The van der Waals surface area contributed by atoms with Gasteiger partial charge in [0.25, 0.3) is 0 Å². The zero-order chi connectivity index (χ0) is 9.84. The normalized spacial score (nSPS) is 9.77. The molecule has 1 aromatic carbocycles. The maximum absolute atomic E-state index is 13.1. The fourth-order valence-corrected chi connectivity index (χ4v) is 1.03. The summed E-state index contributed by atoms with van der Waals surface area (Å²) in [6, 6.07) is 4.59. The minimum absolute atomic E-state index is 0.173. The lowest BCUT2D eigenvalue weighted by atomic mass is 10.2. The molecule has 1 N–H and O–H groups in total. The van der Waals surface area contributed by atoms with Crippen LogP contribution in [0.1, 0.15) is 5.56 Å². The van der Waals surface area contributed by atoms with Crippen molar-refractivity contribution in [1.82, 2.24) is 0 Å². The molecular formula is C9H9ClFNO. The largest absolute Gasteiger partial charge is 0.322 e. The molecule has 0 radical (unpaired) electrons. The number of para-hydroxylation sites is 1. The second-order valence-corrected chi connectivity index (χ2v) is 2.88. The first kappa shape index (κ1) is 9.99. The van der Waals surface area contributed by atoms with Gasteiger partial charge >= 0.3 is 0 Å². The lowest BCUT2D eigenvalue weighted by Crippen LogP contribution is -2.14. The Balaban J connectivity index is 2.93. The summed E-state index contributed by atoms with van der Waals surface area (Å²) in [6.07, 6.45) is 0. The Morgan fingerprint density at radius 3 is 2.85 bits per heavy atom. The van der Waals surface area contributed by atoms with Crippen LogP contribution >= 0.6 is 11.6 Å². The van der Waals surface area contributed by atoms with E-state index in [1.54, 1.807) is 19.1 Å². The van der Waals surface area contributed by atoms with Gasteiger partial charge in [-0.15, -0.1) is 11.6 Å². The van der Waals surface area contributed by atoms with Crippen molar-refractivity contribution < 1.29 is 9.18 Å². The predicted molar refractivity (Wildman–Crippen MR) is 50.5 cm³/mol. The third kappa shape index (κ3) is 2.42. The van der Waals surface area contributed by atoms with Crippen molar-refractivity contribution in [3.63, 3.8) is 0 Å². The van der Waals surface area contributed by atoms with E-state index >= 15 is 0 Å². The van der Waals surface area contributed by atoms with Crippen molar-refractivity contribution in [1.29, 1.82) is 0 Å². The number of halogens is 2. The smallest absolute Gasteiger partial charge is 0.239 e. The molecule has 0 aliphatic rings. The van der Waals surface area contributed by atoms with E-state index in [0.717, 1.165) is 0 Å². The maximum atomic E-state index is 13.1. The molecule has 0 aromatic heterocycles. The van der Waals surface area contributed by atoms with Crippen molar-refractivity contribution in [2.24, 2.45) is 0 Å². The van der Waals surface area contributed by atoms with E-state index in [9.17, 15) is 9.18 Å². The van der Waals surface area contributed by atoms with Crippen LogP contribution in [0.4, 0.5) is 10.1 Å². The monoisotopic (exact) mass is 201 g/mol. The fourth-order valence-electron chi connectivity index (χ4n) is 0.963. The molecule has 0 saturated carbocycles. The molecule has 70 valence electrons. The van der Waals surface area contributed by atoms with Gasteiger partial charge in [-0.3, -0.25) is 4.79 Å². The SMILES string of the molecule is Cc1cccc(F)c1NC(=O)CCl. The van der Waals surface area contributed by atoms with Gasteiger partial charge in [-0.05, 0) is 18.6 Å². The Bertz CT molecular complexity index is 307. The van der Waals surface area contributed by atoms with Crippen molar-refractivity contribution in [3.8, 4) is 0 Å². The maximum Gasteiger partial charge on any atom is 0.239 e. The summed E-state index contributed by atoms with van der Waals surface area (Å²) < 4.78 is 13.1. The molecule has 2 nitrogen and oxygen atoms in total. The number of carbonyl (C=O) groups is 1. The molecule has 0 fully saturated rings. The molecule has 0 bridgehead atoms. The predicted octanol–water partition coefficient (Wildman–Crippen LogP) is 2.31. The van der Waals surface area contributed by atoms with Gasteiger partial charge in [0.1, 0.15) is 11.7 Å². The second-order valence-electron chi connectivity index (χ2n) is 2.61. The third-order valence-corrected chi connectivity index (χ3v) is 1.85. The molecule has 0 unspecified atom stereocenters. The molecule has 1 rings (SSSR count). The lowest BCUT2D eigenvalue weighted by Gasteiger charge is -2.07. The number of hydrogen-bond acceptors (Lipinski definition) is 1. The lowest BCUT2D eigenvalue weighted by molar-refractivity contribution is -0.113. The van der Waals surface area contributed by atoms with E-state index in [0.29, 0.717) is 5.56 Å². The van der Waals surface area contributed by atoms with Crippen molar-refractivity contribution in [2.45, 2.75) is 6.92 Å². The first-order chi connectivity index (χ1) is 6.15. The Morgan fingerprint density at radius 1 is 1.62 bits per heavy atom. The highest BCUT2D eigenvalue weighted by Crippen LogP contribution is 2.18. The highest BCUT2D eigenvalue weighted by molar-refractivity contribution is 6.29. The number of rotatable bonds is 2. The molecule has 13 heavy (non-hydrogen) atoms. The van der Waals surface area contributed by atoms with Crippen LogP contribution < -0.4 is 5.32 Å². The van der Waals surface area contributed by atoms with Gasteiger partial charge in [-0.1, -0.05) is 12.1 Å². The van der Waals surface area contributed by atoms with Gasteiger partial charge in [0.05, 0.1) is 5.69 Å². The van der Waals surface area contributed by atoms with Crippen LogP contribution in [0, 0.1) is 12.7 Å². The summed E-state index contributed by atoms with van der Waals surface area (Å²) in [6.45, 7) is 1.72. The molecule has 0 heterocycles. The van der Waals surface area contributed by atoms with Crippen LogP contribution in [0.25, 0.3) is 0 Å². The van der Waals surface area contributed by atoms with E-state index in [4.69, 9.17) is 11.6 Å². The summed E-state index contributed by atoms with van der Waals surface area (Å²) in [7, 11) is 0. The Hall–Kier alpha value is -1.09. The van der Waals surface area contributed by atoms with Crippen LogP contribution in [-0.4, -0.2) is 11.8 Å².